The van der Waals surface area contributed by atoms with Gasteiger partial charge >= 0.3 is 0 Å². The number of carbonyl (C=O) groups is 1. The average Bonchev–Trinajstić information content (AvgIpc) is 3.45. The molecule has 0 saturated carbocycles. The Morgan fingerprint density at radius 2 is 1.43 bits per heavy atom. The minimum Gasteiger partial charge on any atom is -0.497 e. The van der Waals surface area contributed by atoms with Gasteiger partial charge in [-0.2, -0.15) is 10.2 Å². The van der Waals surface area contributed by atoms with Gasteiger partial charge in [0.1, 0.15) is 23.8 Å². The van der Waals surface area contributed by atoms with Gasteiger partial charge in [-0.05, 0) is 84.8 Å². The first-order valence-electron chi connectivity index (χ1n) is 13.0. The lowest BCUT2D eigenvalue weighted by Gasteiger charge is -2.22. The molecule has 204 valence electrons. The van der Waals surface area contributed by atoms with Crippen LogP contribution in [-0.4, -0.2) is 47.2 Å². The van der Waals surface area contributed by atoms with Gasteiger partial charge in [0.2, 0.25) is 0 Å². The van der Waals surface area contributed by atoms with Crippen LogP contribution < -0.4 is 19.8 Å². The van der Waals surface area contributed by atoms with Crippen molar-refractivity contribution in [3.05, 3.63) is 106 Å². The standard InChI is InChI=1S/C31H30N4O5/c1-4-40-26-15-7-21(8-16-26)27-17-18-30(36)34(32-27)20-31(37)35-29(23-9-13-25(39-3)14-10-23)19-28(33-35)22-5-11-24(38-2)12-6-22/h5-18,29H,4,19-20H2,1-3H3. The van der Waals surface area contributed by atoms with Crippen LogP contribution in [0.5, 0.6) is 17.2 Å². The normalized spacial score (nSPS) is 14.5. The third-order valence-electron chi connectivity index (χ3n) is 6.70. The van der Waals surface area contributed by atoms with Crippen molar-refractivity contribution < 1.29 is 19.0 Å². The molecule has 0 radical (unpaired) electrons. The smallest absolute Gasteiger partial charge is 0.267 e. The number of carbonyl (C=O) groups excluding carboxylic acids is 1. The Labute approximate surface area is 232 Å². The zero-order chi connectivity index (χ0) is 28.1. The number of ether oxygens (including phenoxy) is 3. The highest BCUT2D eigenvalue weighted by molar-refractivity contribution is 6.03. The molecule has 0 N–H and O–H groups in total. The highest BCUT2D eigenvalue weighted by Gasteiger charge is 2.33. The number of methoxy groups -OCH3 is 2. The Morgan fingerprint density at radius 1 is 0.825 bits per heavy atom. The lowest BCUT2D eigenvalue weighted by Crippen LogP contribution is -2.34. The number of aromatic nitrogens is 2. The van der Waals surface area contributed by atoms with Crippen molar-refractivity contribution in [2.24, 2.45) is 5.10 Å². The maximum atomic E-state index is 13.7. The molecular weight excluding hydrogens is 508 g/mol. The number of hydrazone groups is 1. The number of hydrogen-bond acceptors (Lipinski definition) is 7. The van der Waals surface area contributed by atoms with Crippen molar-refractivity contribution >= 4 is 11.6 Å². The molecular formula is C31H30N4O5. The van der Waals surface area contributed by atoms with E-state index < -0.39 is 0 Å². The van der Waals surface area contributed by atoms with Gasteiger partial charge in [-0.1, -0.05) is 12.1 Å². The maximum Gasteiger partial charge on any atom is 0.267 e. The molecule has 9 heteroatoms. The summed E-state index contributed by atoms with van der Waals surface area (Å²) in [5, 5.41) is 10.7. The van der Waals surface area contributed by atoms with E-state index in [0.717, 1.165) is 39.7 Å². The van der Waals surface area contributed by atoms with Crippen LogP contribution in [-0.2, 0) is 11.3 Å². The number of nitrogens with zero attached hydrogens (tertiary/aromatic N) is 4. The molecule has 1 atom stereocenters. The lowest BCUT2D eigenvalue weighted by atomic mass is 9.98. The van der Waals surface area contributed by atoms with E-state index in [1.165, 1.54) is 15.8 Å². The molecule has 3 aromatic carbocycles. The molecule has 1 aliphatic rings. The fourth-order valence-electron chi connectivity index (χ4n) is 4.59. The highest BCUT2D eigenvalue weighted by atomic mass is 16.5. The predicted molar refractivity (Wildman–Crippen MR) is 152 cm³/mol. The number of rotatable bonds is 9. The van der Waals surface area contributed by atoms with Crippen molar-refractivity contribution in [2.45, 2.75) is 25.9 Å². The molecule has 0 saturated heterocycles. The molecule has 1 unspecified atom stereocenters. The fourth-order valence-corrected chi connectivity index (χ4v) is 4.59. The SMILES string of the molecule is CCOc1ccc(-c2ccc(=O)n(CC(=O)N3N=C(c4ccc(OC)cc4)CC3c3ccc(OC)cc3)n2)cc1. The number of benzene rings is 3. The van der Waals surface area contributed by atoms with Gasteiger partial charge in [-0.25, -0.2) is 9.69 Å². The Morgan fingerprint density at radius 3 is 2.05 bits per heavy atom. The van der Waals surface area contributed by atoms with E-state index in [9.17, 15) is 9.59 Å². The van der Waals surface area contributed by atoms with E-state index in [1.807, 2.05) is 79.7 Å². The van der Waals surface area contributed by atoms with Crippen molar-refractivity contribution in [1.29, 1.82) is 0 Å². The monoisotopic (exact) mass is 538 g/mol. The van der Waals surface area contributed by atoms with Crippen LogP contribution in [0.4, 0.5) is 0 Å². The van der Waals surface area contributed by atoms with Crippen LogP contribution in [0.2, 0.25) is 0 Å². The molecule has 9 nitrogen and oxygen atoms in total. The van der Waals surface area contributed by atoms with Crippen LogP contribution in [0.1, 0.15) is 30.5 Å². The first-order chi connectivity index (χ1) is 19.5. The molecule has 2 heterocycles. The molecule has 0 aliphatic carbocycles. The van der Waals surface area contributed by atoms with E-state index >= 15 is 0 Å². The minimum absolute atomic E-state index is 0.254. The Kier molecular flexibility index (Phi) is 7.91. The van der Waals surface area contributed by atoms with E-state index in [4.69, 9.17) is 19.3 Å². The first-order valence-corrected chi connectivity index (χ1v) is 13.0. The fraction of sp³-hybridized carbons (Fsp3) is 0.226. The highest BCUT2D eigenvalue weighted by Crippen LogP contribution is 2.34. The molecule has 0 fully saturated rings. The second kappa shape index (κ2) is 11.9. The van der Waals surface area contributed by atoms with Crippen molar-refractivity contribution in [1.82, 2.24) is 14.8 Å². The molecule has 0 bridgehead atoms. The van der Waals surface area contributed by atoms with Gasteiger partial charge in [0.15, 0.2) is 0 Å². The van der Waals surface area contributed by atoms with Gasteiger partial charge in [-0.15, -0.1) is 0 Å². The Hall–Kier alpha value is -4.92. The Balaban J connectivity index is 1.43. The largest absolute Gasteiger partial charge is 0.497 e. The second-order valence-corrected chi connectivity index (χ2v) is 9.18. The third kappa shape index (κ3) is 5.73. The summed E-state index contributed by atoms with van der Waals surface area (Å²) in [7, 11) is 3.22. The zero-order valence-corrected chi connectivity index (χ0v) is 22.6. The van der Waals surface area contributed by atoms with E-state index in [2.05, 4.69) is 5.10 Å². The molecule has 40 heavy (non-hydrogen) atoms. The predicted octanol–water partition coefficient (Wildman–Crippen LogP) is 4.70. The van der Waals surface area contributed by atoms with Crippen LogP contribution >= 0.6 is 0 Å². The second-order valence-electron chi connectivity index (χ2n) is 9.18. The van der Waals surface area contributed by atoms with Gasteiger partial charge in [0.25, 0.3) is 11.5 Å². The third-order valence-corrected chi connectivity index (χ3v) is 6.70. The first kappa shape index (κ1) is 26.7. The summed E-state index contributed by atoms with van der Waals surface area (Å²) >= 11 is 0. The topological polar surface area (TPSA) is 95.2 Å². The van der Waals surface area contributed by atoms with Gasteiger partial charge in [-0.3, -0.25) is 9.59 Å². The Bertz CT molecular complexity index is 1560. The van der Waals surface area contributed by atoms with Crippen molar-refractivity contribution in [3.8, 4) is 28.5 Å². The molecule has 0 spiro atoms. The van der Waals surface area contributed by atoms with Crippen LogP contribution in [0.3, 0.4) is 0 Å². The van der Waals surface area contributed by atoms with E-state index in [-0.39, 0.29) is 24.1 Å². The van der Waals surface area contributed by atoms with Crippen LogP contribution in [0.25, 0.3) is 11.3 Å². The van der Waals surface area contributed by atoms with Crippen LogP contribution in [0, 0.1) is 0 Å². The molecule has 4 aromatic rings. The van der Waals surface area contributed by atoms with Crippen LogP contribution in [0.15, 0.2) is 94.8 Å². The van der Waals surface area contributed by atoms with Gasteiger partial charge in [0, 0.05) is 18.1 Å². The van der Waals surface area contributed by atoms with E-state index in [0.29, 0.717) is 18.7 Å². The molecule has 1 aromatic heterocycles. The van der Waals surface area contributed by atoms with Crippen molar-refractivity contribution in [2.75, 3.05) is 20.8 Å². The van der Waals surface area contributed by atoms with Crippen molar-refractivity contribution in [3.63, 3.8) is 0 Å². The summed E-state index contributed by atoms with van der Waals surface area (Å²) in [6, 6.07) is 25.3. The molecule has 1 aliphatic heterocycles. The minimum atomic E-state index is -0.373. The molecule has 5 rings (SSSR count). The maximum absolute atomic E-state index is 13.7. The number of hydrogen-bond donors (Lipinski definition) is 0. The summed E-state index contributed by atoms with van der Waals surface area (Å²) in [6.45, 7) is 2.24. The summed E-state index contributed by atoms with van der Waals surface area (Å²) < 4.78 is 17.3. The molecule has 1 amide bonds. The summed E-state index contributed by atoms with van der Waals surface area (Å²) in [5.41, 5.74) is 3.57. The summed E-state index contributed by atoms with van der Waals surface area (Å²) in [6.07, 6.45) is 0.513. The lowest BCUT2D eigenvalue weighted by molar-refractivity contribution is -0.133. The van der Waals surface area contributed by atoms with E-state index in [1.54, 1.807) is 20.3 Å². The quantitative estimate of drug-likeness (QED) is 0.307. The number of amides is 1. The van der Waals surface area contributed by atoms with Gasteiger partial charge < -0.3 is 14.2 Å². The van der Waals surface area contributed by atoms with Gasteiger partial charge in [0.05, 0.1) is 38.3 Å². The average molecular weight is 539 g/mol. The zero-order valence-electron chi connectivity index (χ0n) is 22.6. The summed E-state index contributed by atoms with van der Waals surface area (Å²) in [4.78, 5) is 26.4. The summed E-state index contributed by atoms with van der Waals surface area (Å²) in [5.74, 6) is 1.86.